The van der Waals surface area contributed by atoms with Gasteiger partial charge in [0.1, 0.15) is 0 Å². The minimum Gasteiger partial charge on any atom is -0.312 e. The minimum absolute atomic E-state index is 0.666. The Morgan fingerprint density at radius 2 is 2.14 bits per heavy atom. The molecule has 0 radical (unpaired) electrons. The summed E-state index contributed by atoms with van der Waals surface area (Å²) in [5.74, 6) is 0. The summed E-state index contributed by atoms with van der Waals surface area (Å²) in [7, 11) is 4.42. The van der Waals surface area contributed by atoms with E-state index in [1.54, 1.807) is 0 Å². The number of nitrogens with one attached hydrogen (secondary N) is 1. The van der Waals surface area contributed by atoms with E-state index in [9.17, 15) is 0 Å². The highest BCUT2D eigenvalue weighted by Crippen LogP contribution is 2.04. The highest BCUT2D eigenvalue weighted by molar-refractivity contribution is 4.84. The van der Waals surface area contributed by atoms with E-state index in [0.29, 0.717) is 6.04 Å². The molecule has 0 aromatic heterocycles. The fourth-order valence-corrected chi connectivity index (χ4v) is 1.77. The summed E-state index contributed by atoms with van der Waals surface area (Å²) in [4.78, 5) is 4.85. The fraction of sp³-hybridized carbons (Fsp3) is 0.818. The van der Waals surface area contributed by atoms with Crippen LogP contribution >= 0.6 is 0 Å². The van der Waals surface area contributed by atoms with Crippen LogP contribution in [0.3, 0.4) is 0 Å². The minimum atomic E-state index is 0.666. The molecule has 0 aliphatic carbocycles. The summed E-state index contributed by atoms with van der Waals surface area (Å²) in [6, 6.07) is 0.666. The van der Waals surface area contributed by atoms with Crippen molar-refractivity contribution in [2.45, 2.75) is 13.0 Å². The zero-order chi connectivity index (χ0) is 10.4. The Morgan fingerprint density at radius 1 is 1.36 bits per heavy atom. The van der Waals surface area contributed by atoms with Gasteiger partial charge in [0.2, 0.25) is 0 Å². The molecule has 3 heteroatoms. The van der Waals surface area contributed by atoms with Crippen molar-refractivity contribution in [3.05, 3.63) is 12.2 Å². The van der Waals surface area contributed by atoms with E-state index in [-0.39, 0.29) is 0 Å². The van der Waals surface area contributed by atoms with Crippen LogP contribution in [-0.2, 0) is 0 Å². The normalized spacial score (nSPS) is 26.1. The number of piperazine rings is 1. The van der Waals surface area contributed by atoms with Gasteiger partial charge < -0.3 is 10.2 Å². The lowest BCUT2D eigenvalue weighted by atomic mass is 10.2. The van der Waals surface area contributed by atoms with Crippen LogP contribution in [0, 0.1) is 0 Å². The first-order valence-corrected chi connectivity index (χ1v) is 5.44. The molecule has 14 heavy (non-hydrogen) atoms. The van der Waals surface area contributed by atoms with E-state index in [0.717, 1.165) is 13.1 Å². The molecule has 0 aromatic carbocycles. The molecule has 82 valence electrons. The van der Waals surface area contributed by atoms with Gasteiger partial charge in [0.25, 0.3) is 0 Å². The summed E-state index contributed by atoms with van der Waals surface area (Å²) in [5.41, 5.74) is 0. The lowest BCUT2D eigenvalue weighted by molar-refractivity contribution is 0.114. The Hall–Kier alpha value is -0.380. The second kappa shape index (κ2) is 6.17. The number of likely N-dealkylation sites (N-methyl/N-ethyl adjacent to an activating group) is 2. The summed E-state index contributed by atoms with van der Waals surface area (Å²) < 4.78 is 0. The molecule has 1 unspecified atom stereocenters. The molecule has 0 bridgehead atoms. The lowest BCUT2D eigenvalue weighted by Crippen LogP contribution is -2.53. The zero-order valence-corrected chi connectivity index (χ0v) is 9.66. The van der Waals surface area contributed by atoms with Crippen molar-refractivity contribution in [1.82, 2.24) is 15.1 Å². The van der Waals surface area contributed by atoms with Crippen molar-refractivity contribution in [3.8, 4) is 0 Å². The van der Waals surface area contributed by atoms with Gasteiger partial charge in [-0.15, -0.1) is 0 Å². The third kappa shape index (κ3) is 3.78. The highest BCUT2D eigenvalue weighted by Gasteiger charge is 2.20. The van der Waals surface area contributed by atoms with Crippen molar-refractivity contribution < 1.29 is 0 Å². The van der Waals surface area contributed by atoms with Crippen molar-refractivity contribution >= 4 is 0 Å². The van der Waals surface area contributed by atoms with Crippen LogP contribution in [0.5, 0.6) is 0 Å². The van der Waals surface area contributed by atoms with Gasteiger partial charge in [0.15, 0.2) is 0 Å². The lowest BCUT2D eigenvalue weighted by Gasteiger charge is -2.37. The van der Waals surface area contributed by atoms with Crippen LogP contribution in [0.1, 0.15) is 6.92 Å². The van der Waals surface area contributed by atoms with Crippen LogP contribution in [0.2, 0.25) is 0 Å². The number of allylic oxidation sites excluding steroid dienone is 1. The smallest absolute Gasteiger partial charge is 0.0345 e. The molecular weight excluding hydrogens is 174 g/mol. The van der Waals surface area contributed by atoms with Gasteiger partial charge in [-0.3, -0.25) is 4.90 Å². The number of rotatable bonds is 4. The highest BCUT2D eigenvalue weighted by atomic mass is 15.3. The molecule has 1 heterocycles. The topological polar surface area (TPSA) is 18.5 Å². The first-order valence-electron chi connectivity index (χ1n) is 5.44. The Morgan fingerprint density at radius 3 is 2.86 bits per heavy atom. The summed E-state index contributed by atoms with van der Waals surface area (Å²) in [6.07, 6.45) is 4.25. The number of nitrogens with zero attached hydrogens (tertiary/aromatic N) is 2. The number of hydrogen-bond donors (Lipinski definition) is 1. The molecule has 0 aromatic rings. The molecule has 1 rings (SSSR count). The van der Waals surface area contributed by atoms with Gasteiger partial charge in [-0.1, -0.05) is 12.2 Å². The maximum absolute atomic E-state index is 3.45. The Kier molecular flexibility index (Phi) is 5.15. The van der Waals surface area contributed by atoms with Crippen LogP contribution in [0.25, 0.3) is 0 Å². The molecule has 0 spiro atoms. The Labute approximate surface area is 87.8 Å². The molecule has 1 atom stereocenters. The molecular formula is C11H23N3. The van der Waals surface area contributed by atoms with Crippen LogP contribution in [0.4, 0.5) is 0 Å². The monoisotopic (exact) mass is 197 g/mol. The third-order valence-corrected chi connectivity index (χ3v) is 2.86. The van der Waals surface area contributed by atoms with E-state index in [4.69, 9.17) is 0 Å². The van der Waals surface area contributed by atoms with Gasteiger partial charge >= 0.3 is 0 Å². The van der Waals surface area contributed by atoms with Crippen LogP contribution in [-0.4, -0.2) is 62.7 Å². The van der Waals surface area contributed by atoms with Crippen molar-refractivity contribution in [1.29, 1.82) is 0 Å². The third-order valence-electron chi connectivity index (χ3n) is 2.86. The van der Waals surface area contributed by atoms with Gasteiger partial charge in [0.05, 0.1) is 0 Å². The van der Waals surface area contributed by atoms with Crippen molar-refractivity contribution in [3.63, 3.8) is 0 Å². The summed E-state index contributed by atoms with van der Waals surface area (Å²) >= 11 is 0. The average molecular weight is 197 g/mol. The fourth-order valence-electron chi connectivity index (χ4n) is 1.77. The van der Waals surface area contributed by atoms with E-state index < -0.39 is 0 Å². The molecule has 0 amide bonds. The second-order valence-electron chi connectivity index (χ2n) is 4.12. The molecule has 0 saturated carbocycles. The van der Waals surface area contributed by atoms with Crippen LogP contribution in [0.15, 0.2) is 12.2 Å². The van der Waals surface area contributed by atoms with Crippen LogP contribution < -0.4 is 5.32 Å². The molecule has 1 fully saturated rings. The van der Waals surface area contributed by atoms with Gasteiger partial charge in [0, 0.05) is 38.8 Å². The molecule has 3 nitrogen and oxygen atoms in total. The SMILES string of the molecule is C/C=C/CNCC1CN(C)CCN1C. The largest absolute Gasteiger partial charge is 0.312 e. The predicted molar refractivity (Wildman–Crippen MR) is 61.6 cm³/mol. The predicted octanol–water partition coefficient (Wildman–Crippen LogP) is 0.398. The van der Waals surface area contributed by atoms with E-state index >= 15 is 0 Å². The van der Waals surface area contributed by atoms with E-state index in [2.05, 4.69) is 48.3 Å². The maximum Gasteiger partial charge on any atom is 0.0345 e. The summed E-state index contributed by atoms with van der Waals surface area (Å²) in [6.45, 7) is 7.70. The maximum atomic E-state index is 3.45. The molecule has 1 saturated heterocycles. The first kappa shape index (κ1) is 11.7. The standard InChI is InChI=1S/C11H23N3/c1-4-5-6-12-9-11-10-13(2)7-8-14(11)3/h4-5,11-12H,6-10H2,1-3H3/b5-4+. The van der Waals surface area contributed by atoms with Gasteiger partial charge in [-0.05, 0) is 21.0 Å². The average Bonchev–Trinajstić information content (AvgIpc) is 2.18. The second-order valence-corrected chi connectivity index (χ2v) is 4.12. The molecule has 1 aliphatic heterocycles. The first-order chi connectivity index (χ1) is 6.74. The van der Waals surface area contributed by atoms with Crippen molar-refractivity contribution in [2.24, 2.45) is 0 Å². The Balaban J connectivity index is 2.20. The Bertz CT molecular complexity index is 179. The van der Waals surface area contributed by atoms with E-state index in [1.807, 2.05) is 0 Å². The number of hydrogen-bond acceptors (Lipinski definition) is 3. The molecule has 1 aliphatic rings. The summed E-state index contributed by atoms with van der Waals surface area (Å²) in [5, 5.41) is 3.45. The molecule has 1 N–H and O–H groups in total. The van der Waals surface area contributed by atoms with E-state index in [1.165, 1.54) is 19.6 Å². The zero-order valence-electron chi connectivity index (χ0n) is 9.66. The quantitative estimate of drug-likeness (QED) is 0.520. The van der Waals surface area contributed by atoms with Crippen molar-refractivity contribution in [2.75, 3.05) is 46.8 Å². The van der Waals surface area contributed by atoms with Gasteiger partial charge in [-0.2, -0.15) is 0 Å². The van der Waals surface area contributed by atoms with Gasteiger partial charge in [-0.25, -0.2) is 0 Å².